The molecule has 2 atom stereocenters. The van der Waals surface area contributed by atoms with Crippen molar-refractivity contribution >= 4 is 11.4 Å². The Morgan fingerprint density at radius 2 is 0.824 bits per heavy atom. The molecule has 2 heterocycles. The first kappa shape index (κ1) is 24.8. The van der Waals surface area contributed by atoms with E-state index < -0.39 is 0 Å². The van der Waals surface area contributed by atoms with Crippen LogP contribution in [0.1, 0.15) is 105 Å². The van der Waals surface area contributed by atoms with Crippen molar-refractivity contribution in [2.45, 2.75) is 117 Å². The standard InChI is InChI=1S/C30H44N2O2/c1-27(2,3)17-13-19(29(7,8)9)23-21(15-17)31-25-26(33-23)32-22-16-18(28(4,5)6)14-20(24(22)34-25)30(10,11)12/h13-16,25-26,31-32H,1-12H3/t25-,26+. The molecule has 2 N–H and O–H groups in total. The van der Waals surface area contributed by atoms with E-state index in [1.165, 1.54) is 22.3 Å². The number of hydrogen-bond donors (Lipinski definition) is 2. The van der Waals surface area contributed by atoms with Crippen LogP contribution < -0.4 is 20.1 Å². The maximum atomic E-state index is 6.67. The lowest BCUT2D eigenvalue weighted by Gasteiger charge is -2.43. The molecule has 186 valence electrons. The Labute approximate surface area is 206 Å². The fraction of sp³-hybridized carbons (Fsp3) is 0.600. The molecule has 2 aromatic rings. The topological polar surface area (TPSA) is 42.5 Å². The van der Waals surface area contributed by atoms with E-state index in [1.54, 1.807) is 0 Å². The second kappa shape index (κ2) is 7.57. The summed E-state index contributed by atoms with van der Waals surface area (Å²) in [5, 5.41) is 7.36. The minimum atomic E-state index is -0.315. The average molecular weight is 465 g/mol. The third kappa shape index (κ3) is 4.48. The Morgan fingerprint density at radius 3 is 1.09 bits per heavy atom. The molecule has 34 heavy (non-hydrogen) atoms. The van der Waals surface area contributed by atoms with Crippen LogP contribution >= 0.6 is 0 Å². The summed E-state index contributed by atoms with van der Waals surface area (Å²) in [7, 11) is 0. The zero-order chi connectivity index (χ0) is 25.4. The van der Waals surface area contributed by atoms with Gasteiger partial charge >= 0.3 is 0 Å². The Balaban J connectivity index is 1.81. The number of rotatable bonds is 0. The van der Waals surface area contributed by atoms with Crippen LogP contribution in [-0.2, 0) is 21.7 Å². The minimum Gasteiger partial charge on any atom is -0.462 e. The van der Waals surface area contributed by atoms with Crippen molar-refractivity contribution < 1.29 is 9.47 Å². The normalized spacial score (nSPS) is 20.1. The monoisotopic (exact) mass is 464 g/mol. The van der Waals surface area contributed by atoms with Gasteiger partial charge in [-0.25, -0.2) is 0 Å². The van der Waals surface area contributed by atoms with Crippen molar-refractivity contribution in [3.05, 3.63) is 46.5 Å². The summed E-state index contributed by atoms with van der Waals surface area (Å²) in [6.45, 7) is 27.0. The molecule has 2 aliphatic rings. The van der Waals surface area contributed by atoms with Crippen LogP contribution in [0.25, 0.3) is 0 Å². The minimum absolute atomic E-state index is 0.0363. The second-order valence-electron chi connectivity index (χ2n) is 14.2. The van der Waals surface area contributed by atoms with Gasteiger partial charge in [-0.05, 0) is 44.9 Å². The SMILES string of the molecule is CC(C)(C)c1cc2c(c(C(C)(C)C)c1)O[C@H]1Nc3cc(C(C)(C)C)cc(C(C)(C)C)c3O[C@@H]1N2. The Hall–Kier alpha value is -2.36. The zero-order valence-corrected chi connectivity index (χ0v) is 23.3. The van der Waals surface area contributed by atoms with E-state index in [4.69, 9.17) is 9.47 Å². The van der Waals surface area contributed by atoms with Crippen LogP contribution in [0.3, 0.4) is 0 Å². The predicted octanol–water partition coefficient (Wildman–Crippen LogP) is 7.84. The fourth-order valence-corrected chi connectivity index (χ4v) is 4.60. The van der Waals surface area contributed by atoms with Crippen molar-refractivity contribution in [3.63, 3.8) is 0 Å². The van der Waals surface area contributed by atoms with E-state index in [9.17, 15) is 0 Å². The summed E-state index contributed by atoms with van der Waals surface area (Å²) < 4.78 is 13.3. The molecular weight excluding hydrogens is 420 g/mol. The highest BCUT2D eigenvalue weighted by Crippen LogP contribution is 2.48. The first-order valence-electron chi connectivity index (χ1n) is 12.6. The molecule has 4 rings (SSSR count). The van der Waals surface area contributed by atoms with Gasteiger partial charge in [0.15, 0.2) is 0 Å². The van der Waals surface area contributed by atoms with E-state index >= 15 is 0 Å². The molecular formula is C30H44N2O2. The van der Waals surface area contributed by atoms with E-state index in [0.717, 1.165) is 22.9 Å². The van der Waals surface area contributed by atoms with Crippen molar-refractivity contribution in [1.29, 1.82) is 0 Å². The van der Waals surface area contributed by atoms with Crippen LogP contribution in [0.4, 0.5) is 11.4 Å². The Kier molecular flexibility index (Phi) is 5.51. The molecule has 0 aromatic heterocycles. The lowest BCUT2D eigenvalue weighted by atomic mass is 9.79. The number of anilines is 2. The summed E-state index contributed by atoms with van der Waals surface area (Å²) in [5.41, 5.74) is 7.00. The van der Waals surface area contributed by atoms with Gasteiger partial charge < -0.3 is 20.1 Å². The average Bonchev–Trinajstić information content (AvgIpc) is 2.66. The highest BCUT2D eigenvalue weighted by molar-refractivity contribution is 5.70. The number of hydrogen-bond acceptors (Lipinski definition) is 4. The quantitative estimate of drug-likeness (QED) is 0.417. The molecule has 0 unspecified atom stereocenters. The molecule has 0 radical (unpaired) electrons. The lowest BCUT2D eigenvalue weighted by Crippen LogP contribution is -2.53. The van der Waals surface area contributed by atoms with Gasteiger partial charge in [-0.15, -0.1) is 0 Å². The van der Waals surface area contributed by atoms with Crippen LogP contribution in [0.15, 0.2) is 24.3 Å². The third-order valence-electron chi connectivity index (χ3n) is 6.89. The molecule has 0 fully saturated rings. The van der Waals surface area contributed by atoms with E-state index in [-0.39, 0.29) is 34.1 Å². The molecule has 0 bridgehead atoms. The molecule has 0 saturated heterocycles. The maximum absolute atomic E-state index is 6.67. The Bertz CT molecular complexity index is 1020. The summed E-state index contributed by atoms with van der Waals surface area (Å²) in [4.78, 5) is 0. The van der Waals surface area contributed by atoms with Crippen molar-refractivity contribution in [3.8, 4) is 11.5 Å². The Morgan fingerprint density at radius 1 is 0.500 bits per heavy atom. The third-order valence-corrected chi connectivity index (χ3v) is 6.89. The van der Waals surface area contributed by atoms with Crippen LogP contribution in [0, 0.1) is 0 Å². The summed E-state index contributed by atoms with van der Waals surface area (Å²) >= 11 is 0. The highest BCUT2D eigenvalue weighted by Gasteiger charge is 2.41. The van der Waals surface area contributed by atoms with Crippen molar-refractivity contribution in [2.24, 2.45) is 0 Å². The summed E-state index contributed by atoms with van der Waals surface area (Å²) in [6.07, 6.45) is -0.630. The van der Waals surface area contributed by atoms with Crippen molar-refractivity contribution in [1.82, 2.24) is 0 Å². The highest BCUT2D eigenvalue weighted by atomic mass is 16.6. The van der Waals surface area contributed by atoms with Gasteiger partial charge in [0.05, 0.1) is 11.4 Å². The zero-order valence-electron chi connectivity index (χ0n) is 23.3. The van der Waals surface area contributed by atoms with Crippen molar-refractivity contribution in [2.75, 3.05) is 10.6 Å². The van der Waals surface area contributed by atoms with Crippen LogP contribution in [0.2, 0.25) is 0 Å². The maximum Gasteiger partial charge on any atom is 0.226 e. The van der Waals surface area contributed by atoms with E-state index in [0.29, 0.717) is 0 Å². The van der Waals surface area contributed by atoms with Gasteiger partial charge in [-0.2, -0.15) is 0 Å². The molecule has 0 spiro atoms. The lowest BCUT2D eigenvalue weighted by molar-refractivity contribution is 0.0668. The molecule has 0 saturated carbocycles. The number of fused-ring (bicyclic) bond motifs is 3. The molecule has 4 heteroatoms. The predicted molar refractivity (Wildman–Crippen MR) is 144 cm³/mol. The van der Waals surface area contributed by atoms with E-state index in [1.807, 2.05) is 0 Å². The second-order valence-corrected chi connectivity index (χ2v) is 14.2. The number of nitrogens with one attached hydrogen (secondary N) is 2. The number of benzene rings is 2. The van der Waals surface area contributed by atoms with Gasteiger partial charge in [-0.1, -0.05) is 95.2 Å². The van der Waals surface area contributed by atoms with E-state index in [2.05, 4.69) is 118 Å². The first-order valence-corrected chi connectivity index (χ1v) is 12.6. The smallest absolute Gasteiger partial charge is 0.226 e. The van der Waals surface area contributed by atoms with Gasteiger partial charge in [0.2, 0.25) is 12.5 Å². The largest absolute Gasteiger partial charge is 0.462 e. The van der Waals surface area contributed by atoms with Gasteiger partial charge in [-0.3, -0.25) is 0 Å². The molecule has 2 aliphatic heterocycles. The molecule has 0 aliphatic carbocycles. The van der Waals surface area contributed by atoms with Gasteiger partial charge in [0, 0.05) is 11.1 Å². The van der Waals surface area contributed by atoms with Gasteiger partial charge in [0.1, 0.15) is 11.5 Å². The van der Waals surface area contributed by atoms with Crippen LogP contribution in [-0.4, -0.2) is 12.5 Å². The van der Waals surface area contributed by atoms with Gasteiger partial charge in [0.25, 0.3) is 0 Å². The molecule has 4 nitrogen and oxygen atoms in total. The molecule has 0 amide bonds. The van der Waals surface area contributed by atoms with Crippen LogP contribution in [0.5, 0.6) is 11.5 Å². The first-order chi connectivity index (χ1) is 15.4. The summed E-state index contributed by atoms with van der Waals surface area (Å²) in [5.74, 6) is 1.84. The number of ether oxygens (including phenoxy) is 2. The summed E-state index contributed by atoms with van der Waals surface area (Å²) in [6, 6.07) is 9.09. The molecule has 2 aromatic carbocycles. The fourth-order valence-electron chi connectivity index (χ4n) is 4.60.